The van der Waals surface area contributed by atoms with E-state index < -0.39 is 0 Å². The van der Waals surface area contributed by atoms with E-state index in [-0.39, 0.29) is 30.4 Å². The van der Waals surface area contributed by atoms with E-state index in [1.165, 1.54) is 0 Å². The fourth-order valence-electron chi connectivity index (χ4n) is 2.47. The van der Waals surface area contributed by atoms with Crippen LogP contribution >= 0.6 is 0 Å². The second-order valence-electron chi connectivity index (χ2n) is 7.08. The highest BCUT2D eigenvalue weighted by Crippen LogP contribution is 2.18. The highest BCUT2D eigenvalue weighted by molar-refractivity contribution is 5.95. The molecule has 0 fully saturated rings. The Bertz CT molecular complexity index is 735. The fraction of sp³-hybridized carbons (Fsp3) is 0.368. The Kier molecular flexibility index (Phi) is 5.57. The van der Waals surface area contributed by atoms with E-state index in [1.54, 1.807) is 11.9 Å². The molecule has 128 valence electrons. The van der Waals surface area contributed by atoms with Gasteiger partial charge < -0.3 is 10.6 Å². The van der Waals surface area contributed by atoms with Gasteiger partial charge in [0.05, 0.1) is 13.1 Å². The van der Waals surface area contributed by atoms with Gasteiger partial charge in [-0.3, -0.25) is 14.5 Å². The normalized spacial score (nSPS) is 11.5. The molecule has 0 bridgehead atoms. The molecule has 5 heteroatoms. The molecule has 2 rings (SSSR count). The number of nitrogens with one attached hydrogen (secondary N) is 2. The maximum Gasteiger partial charge on any atom is 0.238 e. The first-order valence-corrected chi connectivity index (χ1v) is 8.01. The lowest BCUT2D eigenvalue weighted by atomic mass is 10.1. The quantitative estimate of drug-likeness (QED) is 0.887. The minimum Gasteiger partial charge on any atom is -0.350 e. The topological polar surface area (TPSA) is 61.4 Å². The van der Waals surface area contributed by atoms with Gasteiger partial charge in [-0.1, -0.05) is 30.3 Å². The number of hydrogen-bond donors (Lipinski definition) is 2. The predicted octanol–water partition coefficient (Wildman–Crippen LogP) is 2.62. The van der Waals surface area contributed by atoms with Crippen molar-refractivity contribution in [1.82, 2.24) is 10.2 Å². The lowest BCUT2D eigenvalue weighted by Crippen LogP contribution is -2.46. The fourth-order valence-corrected chi connectivity index (χ4v) is 2.47. The van der Waals surface area contributed by atoms with E-state index in [2.05, 4.69) is 10.6 Å². The second-order valence-corrected chi connectivity index (χ2v) is 7.08. The zero-order valence-corrected chi connectivity index (χ0v) is 14.7. The number of benzene rings is 2. The Labute approximate surface area is 143 Å². The molecule has 5 nitrogen and oxygen atoms in total. The summed E-state index contributed by atoms with van der Waals surface area (Å²) in [7, 11) is 1.75. The molecule has 0 saturated heterocycles. The summed E-state index contributed by atoms with van der Waals surface area (Å²) in [5, 5.41) is 7.96. The van der Waals surface area contributed by atoms with Crippen molar-refractivity contribution in [2.24, 2.45) is 0 Å². The molecule has 0 aliphatic carbocycles. The standard InChI is InChI=1S/C19H25N3O2/c1-19(2,3)21-18(24)13-22(4)12-17(23)20-16-10-9-14-7-5-6-8-15(14)11-16/h5-11H,12-13H2,1-4H3,(H,20,23)(H,21,24). The number of amides is 2. The number of rotatable bonds is 5. The van der Waals surface area contributed by atoms with E-state index in [0.29, 0.717) is 0 Å². The van der Waals surface area contributed by atoms with Crippen molar-refractivity contribution in [3.63, 3.8) is 0 Å². The van der Waals surface area contributed by atoms with Crippen molar-refractivity contribution in [3.05, 3.63) is 42.5 Å². The minimum absolute atomic E-state index is 0.0940. The predicted molar refractivity (Wildman–Crippen MR) is 98.0 cm³/mol. The van der Waals surface area contributed by atoms with Gasteiger partial charge in [0, 0.05) is 11.2 Å². The van der Waals surface area contributed by atoms with Crippen LogP contribution in [0.3, 0.4) is 0 Å². The lowest BCUT2D eigenvalue weighted by molar-refractivity contribution is -0.124. The summed E-state index contributed by atoms with van der Waals surface area (Å²) in [6.07, 6.45) is 0. The molecule has 0 aliphatic heterocycles. The van der Waals surface area contributed by atoms with Crippen LogP contribution in [-0.4, -0.2) is 42.4 Å². The number of carbonyl (C=O) groups is 2. The Hall–Kier alpha value is -2.40. The van der Waals surface area contributed by atoms with Gasteiger partial charge in [-0.25, -0.2) is 0 Å². The smallest absolute Gasteiger partial charge is 0.238 e. The summed E-state index contributed by atoms with van der Waals surface area (Å²) < 4.78 is 0. The number of carbonyl (C=O) groups excluding carboxylic acids is 2. The molecule has 2 amide bonds. The Morgan fingerprint density at radius 1 is 0.958 bits per heavy atom. The van der Waals surface area contributed by atoms with Gasteiger partial charge in [0.1, 0.15) is 0 Å². The third kappa shape index (κ3) is 5.66. The maximum atomic E-state index is 12.1. The molecule has 2 N–H and O–H groups in total. The van der Waals surface area contributed by atoms with Crippen LogP contribution < -0.4 is 10.6 Å². The van der Waals surface area contributed by atoms with Crippen LogP contribution in [-0.2, 0) is 9.59 Å². The molecule has 0 aromatic heterocycles. The minimum atomic E-state index is -0.273. The number of fused-ring (bicyclic) bond motifs is 1. The van der Waals surface area contributed by atoms with E-state index >= 15 is 0 Å². The van der Waals surface area contributed by atoms with Gasteiger partial charge in [0.25, 0.3) is 0 Å². The van der Waals surface area contributed by atoms with Gasteiger partial charge in [-0.05, 0) is 50.7 Å². The van der Waals surface area contributed by atoms with Crippen LogP contribution in [0.15, 0.2) is 42.5 Å². The molecular formula is C19H25N3O2. The molecule has 0 heterocycles. The van der Waals surface area contributed by atoms with E-state index in [0.717, 1.165) is 16.5 Å². The summed E-state index contributed by atoms with van der Waals surface area (Å²) >= 11 is 0. The molecule has 0 radical (unpaired) electrons. The number of nitrogens with zero attached hydrogens (tertiary/aromatic N) is 1. The van der Waals surface area contributed by atoms with E-state index in [9.17, 15) is 9.59 Å². The number of likely N-dealkylation sites (N-methyl/N-ethyl adjacent to an activating group) is 1. The Morgan fingerprint density at radius 3 is 2.25 bits per heavy atom. The maximum absolute atomic E-state index is 12.1. The first-order valence-electron chi connectivity index (χ1n) is 8.01. The van der Waals surface area contributed by atoms with E-state index in [1.807, 2.05) is 63.2 Å². The lowest BCUT2D eigenvalue weighted by Gasteiger charge is -2.23. The van der Waals surface area contributed by atoms with Crippen LogP contribution in [0.2, 0.25) is 0 Å². The molecule has 2 aromatic rings. The van der Waals surface area contributed by atoms with Crippen molar-refractivity contribution in [2.75, 3.05) is 25.5 Å². The molecule has 0 atom stereocenters. The summed E-state index contributed by atoms with van der Waals surface area (Å²) in [4.78, 5) is 25.7. The SMILES string of the molecule is CN(CC(=O)Nc1ccc2ccccc2c1)CC(=O)NC(C)(C)C. The Morgan fingerprint density at radius 2 is 1.58 bits per heavy atom. The zero-order chi connectivity index (χ0) is 17.7. The second kappa shape index (κ2) is 7.45. The van der Waals surface area contributed by atoms with Crippen LogP contribution in [0.1, 0.15) is 20.8 Å². The third-order valence-corrected chi connectivity index (χ3v) is 3.37. The van der Waals surface area contributed by atoms with Crippen LogP contribution in [0.4, 0.5) is 5.69 Å². The van der Waals surface area contributed by atoms with Gasteiger partial charge >= 0.3 is 0 Å². The highest BCUT2D eigenvalue weighted by atomic mass is 16.2. The van der Waals surface area contributed by atoms with Crippen molar-refractivity contribution in [2.45, 2.75) is 26.3 Å². The molecule has 0 saturated carbocycles. The molecule has 24 heavy (non-hydrogen) atoms. The van der Waals surface area contributed by atoms with Crippen molar-refractivity contribution >= 4 is 28.3 Å². The molecule has 0 spiro atoms. The van der Waals surface area contributed by atoms with Crippen molar-refractivity contribution in [1.29, 1.82) is 0 Å². The number of hydrogen-bond acceptors (Lipinski definition) is 3. The van der Waals surface area contributed by atoms with E-state index in [4.69, 9.17) is 0 Å². The Balaban J connectivity index is 1.88. The highest BCUT2D eigenvalue weighted by Gasteiger charge is 2.16. The molecule has 0 aliphatic rings. The summed E-state index contributed by atoms with van der Waals surface area (Å²) in [6, 6.07) is 13.8. The first kappa shape index (κ1) is 17.9. The van der Waals surface area contributed by atoms with Crippen molar-refractivity contribution < 1.29 is 9.59 Å². The van der Waals surface area contributed by atoms with Crippen LogP contribution in [0, 0.1) is 0 Å². The molecule has 0 unspecified atom stereocenters. The zero-order valence-electron chi connectivity index (χ0n) is 14.7. The van der Waals surface area contributed by atoms with Gasteiger partial charge in [-0.15, -0.1) is 0 Å². The summed E-state index contributed by atoms with van der Waals surface area (Å²) in [5.41, 5.74) is 0.483. The summed E-state index contributed by atoms with van der Waals surface area (Å²) in [5.74, 6) is -0.236. The van der Waals surface area contributed by atoms with Gasteiger partial charge in [0.15, 0.2) is 0 Å². The van der Waals surface area contributed by atoms with Gasteiger partial charge in [0.2, 0.25) is 11.8 Å². The monoisotopic (exact) mass is 327 g/mol. The number of anilines is 1. The van der Waals surface area contributed by atoms with Gasteiger partial charge in [-0.2, -0.15) is 0 Å². The summed E-state index contributed by atoms with van der Waals surface area (Å²) in [6.45, 7) is 6.12. The molecule has 2 aromatic carbocycles. The van der Waals surface area contributed by atoms with Crippen LogP contribution in [0.25, 0.3) is 10.8 Å². The molecular weight excluding hydrogens is 302 g/mol. The average molecular weight is 327 g/mol. The third-order valence-electron chi connectivity index (χ3n) is 3.37. The van der Waals surface area contributed by atoms with Crippen LogP contribution in [0.5, 0.6) is 0 Å². The first-order chi connectivity index (χ1) is 11.2. The van der Waals surface area contributed by atoms with Crippen molar-refractivity contribution in [3.8, 4) is 0 Å². The largest absolute Gasteiger partial charge is 0.350 e. The average Bonchev–Trinajstić information content (AvgIpc) is 2.44.